The minimum atomic E-state index is -0.436. The van der Waals surface area contributed by atoms with Crippen molar-refractivity contribution in [3.05, 3.63) is 29.3 Å². The van der Waals surface area contributed by atoms with Crippen molar-refractivity contribution in [1.82, 2.24) is 5.32 Å². The molecule has 0 spiro atoms. The van der Waals surface area contributed by atoms with Crippen LogP contribution in [0.4, 0.5) is 5.69 Å². The van der Waals surface area contributed by atoms with E-state index in [0.29, 0.717) is 31.0 Å². The smallest absolute Gasteiger partial charge is 0.253 e. The maximum Gasteiger partial charge on any atom is 0.253 e. The van der Waals surface area contributed by atoms with Crippen LogP contribution in [-0.2, 0) is 14.9 Å². The van der Waals surface area contributed by atoms with Crippen LogP contribution in [0, 0.1) is 0 Å². The topological polar surface area (TPSA) is 73.6 Å². The van der Waals surface area contributed by atoms with Crippen LogP contribution >= 0.6 is 0 Å². The Morgan fingerprint density at radius 1 is 1.23 bits per heavy atom. The first kappa shape index (κ1) is 18.5. The van der Waals surface area contributed by atoms with E-state index in [4.69, 9.17) is 15.2 Å². The molecule has 1 aromatic carbocycles. The molecular formula is C17H28N2O3. The van der Waals surface area contributed by atoms with Gasteiger partial charge in [-0.05, 0) is 37.0 Å². The number of rotatable bonds is 7. The Bertz CT molecular complexity index is 489. The van der Waals surface area contributed by atoms with Crippen molar-refractivity contribution in [2.75, 3.05) is 25.5 Å². The van der Waals surface area contributed by atoms with Gasteiger partial charge < -0.3 is 20.5 Å². The molecule has 0 aromatic heterocycles. The zero-order valence-electron chi connectivity index (χ0n) is 14.2. The van der Waals surface area contributed by atoms with Gasteiger partial charge in [-0.2, -0.15) is 0 Å². The third-order valence-corrected chi connectivity index (χ3v) is 3.30. The average molecular weight is 308 g/mol. The fourth-order valence-corrected chi connectivity index (χ4v) is 2.05. The summed E-state index contributed by atoms with van der Waals surface area (Å²) in [5.41, 5.74) is 8.07. The first-order valence-corrected chi connectivity index (χ1v) is 7.71. The molecule has 1 rings (SSSR count). The summed E-state index contributed by atoms with van der Waals surface area (Å²) in [5, 5.41) is 2.80. The summed E-state index contributed by atoms with van der Waals surface area (Å²) in [4.78, 5) is 12.2. The molecular weight excluding hydrogens is 280 g/mol. The zero-order valence-corrected chi connectivity index (χ0v) is 14.2. The molecule has 0 aliphatic heterocycles. The van der Waals surface area contributed by atoms with E-state index in [1.807, 2.05) is 26.0 Å². The summed E-state index contributed by atoms with van der Waals surface area (Å²) >= 11 is 0. The van der Waals surface area contributed by atoms with Crippen molar-refractivity contribution in [1.29, 1.82) is 0 Å². The number of hydrogen-bond donors (Lipinski definition) is 2. The monoisotopic (exact) mass is 308 g/mol. The number of nitrogens with one attached hydrogen (secondary N) is 1. The summed E-state index contributed by atoms with van der Waals surface area (Å²) in [6.45, 7) is 11.4. The van der Waals surface area contributed by atoms with Gasteiger partial charge >= 0.3 is 0 Å². The number of nitrogen functional groups attached to an aromatic ring is 1. The molecule has 0 aliphatic rings. The Morgan fingerprint density at radius 2 is 1.82 bits per heavy atom. The Balaban J connectivity index is 2.73. The lowest BCUT2D eigenvalue weighted by atomic mass is 9.86. The van der Waals surface area contributed by atoms with E-state index >= 15 is 0 Å². The number of amides is 1. The van der Waals surface area contributed by atoms with Gasteiger partial charge in [-0.1, -0.05) is 26.8 Å². The van der Waals surface area contributed by atoms with Gasteiger partial charge in [0.15, 0.2) is 6.29 Å². The second kappa shape index (κ2) is 8.15. The number of nitrogens with two attached hydrogens (primary N) is 1. The molecule has 5 nitrogen and oxygen atoms in total. The van der Waals surface area contributed by atoms with E-state index in [2.05, 4.69) is 26.1 Å². The molecule has 0 radical (unpaired) electrons. The van der Waals surface area contributed by atoms with Crippen molar-refractivity contribution < 1.29 is 14.3 Å². The maximum absolute atomic E-state index is 12.2. The summed E-state index contributed by atoms with van der Waals surface area (Å²) in [6.07, 6.45) is -0.436. The number of benzene rings is 1. The van der Waals surface area contributed by atoms with Gasteiger partial charge in [0.2, 0.25) is 0 Å². The first-order valence-electron chi connectivity index (χ1n) is 7.71. The number of anilines is 1. The van der Waals surface area contributed by atoms with Gasteiger partial charge in [0.1, 0.15) is 0 Å². The molecule has 0 aliphatic carbocycles. The van der Waals surface area contributed by atoms with Gasteiger partial charge in [-0.15, -0.1) is 0 Å². The second-order valence-electron chi connectivity index (χ2n) is 6.10. The molecule has 22 heavy (non-hydrogen) atoms. The van der Waals surface area contributed by atoms with Crippen molar-refractivity contribution >= 4 is 11.6 Å². The van der Waals surface area contributed by atoms with Gasteiger partial charge in [0.05, 0.1) is 12.1 Å². The largest absolute Gasteiger partial charge is 0.398 e. The molecule has 1 amide bonds. The highest BCUT2D eigenvalue weighted by Crippen LogP contribution is 2.25. The van der Waals surface area contributed by atoms with E-state index in [0.717, 1.165) is 5.56 Å². The summed E-state index contributed by atoms with van der Waals surface area (Å²) < 4.78 is 10.8. The molecule has 5 heteroatoms. The molecule has 0 bridgehead atoms. The van der Waals surface area contributed by atoms with Gasteiger partial charge in [-0.25, -0.2) is 0 Å². The molecule has 0 atom stereocenters. The lowest BCUT2D eigenvalue weighted by molar-refractivity contribution is -0.131. The molecule has 0 saturated carbocycles. The van der Waals surface area contributed by atoms with Crippen molar-refractivity contribution in [3.8, 4) is 0 Å². The average Bonchev–Trinajstić information content (AvgIpc) is 2.43. The summed E-state index contributed by atoms with van der Waals surface area (Å²) in [6, 6.07) is 5.56. The molecule has 0 saturated heterocycles. The minimum absolute atomic E-state index is 0.00183. The SMILES string of the molecule is CCOC(CNC(=O)c1ccc(C(C)(C)C)cc1N)OCC. The fourth-order valence-electron chi connectivity index (χ4n) is 2.05. The van der Waals surface area contributed by atoms with Gasteiger partial charge in [-0.3, -0.25) is 4.79 Å². The number of carbonyl (C=O) groups is 1. The highest BCUT2D eigenvalue weighted by Gasteiger charge is 2.18. The Morgan fingerprint density at radius 3 is 2.27 bits per heavy atom. The van der Waals surface area contributed by atoms with Crippen LogP contribution < -0.4 is 11.1 Å². The van der Waals surface area contributed by atoms with E-state index in [9.17, 15) is 4.79 Å². The Labute approximate surface area is 133 Å². The van der Waals surface area contributed by atoms with E-state index in [1.54, 1.807) is 6.07 Å². The molecule has 124 valence electrons. The maximum atomic E-state index is 12.2. The molecule has 0 heterocycles. The third-order valence-electron chi connectivity index (χ3n) is 3.30. The number of carbonyl (C=O) groups excluding carboxylic acids is 1. The van der Waals surface area contributed by atoms with Crippen molar-refractivity contribution in [2.24, 2.45) is 0 Å². The Hall–Kier alpha value is -1.59. The van der Waals surface area contributed by atoms with Gasteiger partial charge in [0, 0.05) is 18.9 Å². The predicted octanol–water partition coefficient (Wildman–Crippen LogP) is 2.70. The first-order chi connectivity index (χ1) is 10.3. The highest BCUT2D eigenvalue weighted by molar-refractivity contribution is 5.99. The molecule has 1 aromatic rings. The normalized spacial score (nSPS) is 11.7. The van der Waals surface area contributed by atoms with Gasteiger partial charge in [0.25, 0.3) is 5.91 Å². The Kier molecular flexibility index (Phi) is 6.84. The summed E-state index contributed by atoms with van der Waals surface area (Å²) in [5.74, 6) is -0.220. The van der Waals surface area contributed by atoms with Crippen LogP contribution in [0.1, 0.15) is 50.5 Å². The lowest BCUT2D eigenvalue weighted by Gasteiger charge is -2.21. The second-order valence-corrected chi connectivity index (χ2v) is 6.10. The third kappa shape index (κ3) is 5.31. The predicted molar refractivity (Wildman–Crippen MR) is 88.9 cm³/mol. The molecule has 0 unspecified atom stereocenters. The van der Waals surface area contributed by atoms with E-state index in [-0.39, 0.29) is 11.3 Å². The quantitative estimate of drug-likeness (QED) is 0.600. The van der Waals surface area contributed by atoms with Crippen LogP contribution in [0.2, 0.25) is 0 Å². The van der Waals surface area contributed by atoms with Crippen LogP contribution in [0.25, 0.3) is 0 Å². The van der Waals surface area contributed by atoms with E-state index in [1.165, 1.54) is 0 Å². The van der Waals surface area contributed by atoms with Crippen LogP contribution in [-0.4, -0.2) is 32.0 Å². The number of hydrogen-bond acceptors (Lipinski definition) is 4. The van der Waals surface area contributed by atoms with Crippen LogP contribution in [0.5, 0.6) is 0 Å². The number of ether oxygens (including phenoxy) is 2. The van der Waals surface area contributed by atoms with Crippen LogP contribution in [0.3, 0.4) is 0 Å². The standard InChI is InChI=1S/C17H28N2O3/c1-6-21-15(22-7-2)11-19-16(20)13-9-8-12(10-14(13)18)17(3,4)5/h8-10,15H,6-7,11,18H2,1-5H3,(H,19,20). The van der Waals surface area contributed by atoms with Crippen LogP contribution in [0.15, 0.2) is 18.2 Å². The van der Waals surface area contributed by atoms with Crippen molar-refractivity contribution in [2.45, 2.75) is 46.3 Å². The zero-order chi connectivity index (χ0) is 16.8. The molecule has 0 fully saturated rings. The highest BCUT2D eigenvalue weighted by atomic mass is 16.7. The summed E-state index contributed by atoms with van der Waals surface area (Å²) in [7, 11) is 0. The molecule has 3 N–H and O–H groups in total. The minimum Gasteiger partial charge on any atom is -0.398 e. The van der Waals surface area contributed by atoms with E-state index < -0.39 is 6.29 Å². The lowest BCUT2D eigenvalue weighted by Crippen LogP contribution is -2.35. The fraction of sp³-hybridized carbons (Fsp3) is 0.588. The van der Waals surface area contributed by atoms with Crippen molar-refractivity contribution in [3.63, 3.8) is 0 Å².